The maximum atomic E-state index is 4.69. The molecule has 0 saturated carbocycles. The summed E-state index contributed by atoms with van der Waals surface area (Å²) < 4.78 is 0.669. The molecule has 36 valence electrons. The zero-order valence-electron chi connectivity index (χ0n) is 3.59. The van der Waals surface area contributed by atoms with Crippen molar-refractivity contribution in [2.75, 3.05) is 0 Å². The monoisotopic (exact) mass is 112 g/mol. The number of nitrogens with one attached hydrogen (secondary N) is 1. The molecule has 7 heavy (non-hydrogen) atoms. The zero-order chi connectivity index (χ0) is 5.11. The number of rotatable bonds is 0. The van der Waals surface area contributed by atoms with E-state index in [0.717, 1.165) is 0 Å². The van der Waals surface area contributed by atoms with E-state index in [0.29, 0.717) is 4.64 Å². The van der Waals surface area contributed by atoms with Gasteiger partial charge in [-0.05, 0) is 0 Å². The lowest BCUT2D eigenvalue weighted by molar-refractivity contribution is 1.18. The number of H-pyrrole nitrogens is 1. The van der Waals surface area contributed by atoms with Gasteiger partial charge in [-0.25, -0.2) is 0 Å². The first kappa shape index (κ1) is 4.46. The summed E-state index contributed by atoms with van der Waals surface area (Å²) in [7, 11) is 0. The fraction of sp³-hybridized carbons (Fsp3) is 0. The molecule has 0 aromatic carbocycles. The zero-order valence-corrected chi connectivity index (χ0v) is 4.40. The second-order valence-electron chi connectivity index (χ2n) is 1.10. The predicted molar refractivity (Wildman–Crippen MR) is 29.4 cm³/mol. The molecule has 0 aliphatic heterocycles. The molecule has 0 unspecified atom stereocenters. The average molecular weight is 112 g/mol. The quantitative estimate of drug-likeness (QED) is 0.510. The van der Waals surface area contributed by atoms with Crippen LogP contribution in [-0.2, 0) is 0 Å². The summed E-state index contributed by atoms with van der Waals surface area (Å²) in [5, 5.41) is 0. The van der Waals surface area contributed by atoms with Gasteiger partial charge in [-0.3, -0.25) is 4.98 Å². The van der Waals surface area contributed by atoms with Gasteiger partial charge in [0.15, 0.2) is 0 Å². The molecule has 0 bridgehead atoms. The molecule has 0 aliphatic carbocycles. The summed E-state index contributed by atoms with van der Waals surface area (Å²) in [6.45, 7) is 0. The second-order valence-corrected chi connectivity index (χ2v) is 1.54. The van der Waals surface area contributed by atoms with Gasteiger partial charge in [-0.15, -0.1) is 0 Å². The number of aromatic nitrogens is 2. The lowest BCUT2D eigenvalue weighted by Gasteiger charge is -1.76. The van der Waals surface area contributed by atoms with Gasteiger partial charge in [0, 0.05) is 12.4 Å². The van der Waals surface area contributed by atoms with Gasteiger partial charge in [0.05, 0.1) is 6.20 Å². The topological polar surface area (TPSA) is 28.7 Å². The highest BCUT2D eigenvalue weighted by atomic mass is 32.1. The Kier molecular flexibility index (Phi) is 1.17. The Morgan fingerprint density at radius 3 is 2.86 bits per heavy atom. The van der Waals surface area contributed by atoms with Gasteiger partial charge in [0.1, 0.15) is 4.64 Å². The van der Waals surface area contributed by atoms with Gasteiger partial charge < -0.3 is 4.98 Å². The number of hydrogen-bond acceptors (Lipinski definition) is 2. The summed E-state index contributed by atoms with van der Waals surface area (Å²) >= 11 is 4.69. The average Bonchev–Trinajstić information content (AvgIpc) is 1.69. The third-order valence-corrected chi connectivity index (χ3v) is 0.801. The third-order valence-electron chi connectivity index (χ3n) is 0.578. The molecule has 0 atom stereocenters. The van der Waals surface area contributed by atoms with Gasteiger partial charge in [-0.1, -0.05) is 12.2 Å². The molecule has 0 amide bonds. The Morgan fingerprint density at radius 1 is 1.71 bits per heavy atom. The van der Waals surface area contributed by atoms with Crippen molar-refractivity contribution in [2.24, 2.45) is 0 Å². The Labute approximate surface area is 46.2 Å². The molecule has 1 aromatic rings. The summed E-state index contributed by atoms with van der Waals surface area (Å²) in [5.41, 5.74) is 0. The van der Waals surface area contributed by atoms with Crippen molar-refractivity contribution >= 4 is 12.2 Å². The first-order chi connectivity index (χ1) is 3.39. The third kappa shape index (κ3) is 1.08. The number of hydrogen-bond donors (Lipinski definition) is 1. The van der Waals surface area contributed by atoms with Crippen LogP contribution in [0.15, 0.2) is 18.6 Å². The number of nitrogens with zero attached hydrogens (tertiary/aromatic N) is 1. The molecule has 3 heteroatoms. The smallest absolute Gasteiger partial charge is 0.121 e. The molecule has 1 aromatic heterocycles. The summed E-state index contributed by atoms with van der Waals surface area (Å²) in [6.07, 6.45) is 4.94. The van der Waals surface area contributed by atoms with E-state index < -0.39 is 0 Å². The van der Waals surface area contributed by atoms with Crippen LogP contribution >= 0.6 is 12.2 Å². The van der Waals surface area contributed by atoms with E-state index in [4.69, 9.17) is 12.2 Å². The van der Waals surface area contributed by atoms with Gasteiger partial charge in [0.25, 0.3) is 0 Å². The number of aromatic amines is 1. The predicted octanol–water partition coefficient (Wildman–Crippen LogP) is 1.14. The van der Waals surface area contributed by atoms with Crippen molar-refractivity contribution in [3.8, 4) is 0 Å². The maximum absolute atomic E-state index is 4.69. The van der Waals surface area contributed by atoms with Crippen LogP contribution in [0.2, 0.25) is 0 Å². The van der Waals surface area contributed by atoms with E-state index in [-0.39, 0.29) is 0 Å². The summed E-state index contributed by atoms with van der Waals surface area (Å²) in [5.74, 6) is 0. The molecule has 0 saturated heterocycles. The fourth-order valence-electron chi connectivity index (χ4n) is 0.310. The van der Waals surface area contributed by atoms with Crippen LogP contribution in [0.3, 0.4) is 0 Å². The van der Waals surface area contributed by atoms with Crippen LogP contribution in [0.5, 0.6) is 0 Å². The van der Waals surface area contributed by atoms with E-state index in [1.807, 2.05) is 0 Å². The molecule has 0 spiro atoms. The van der Waals surface area contributed by atoms with Crippen molar-refractivity contribution in [2.45, 2.75) is 0 Å². The van der Waals surface area contributed by atoms with Crippen LogP contribution in [0.1, 0.15) is 0 Å². The minimum Gasteiger partial charge on any atom is -0.350 e. The molecular formula is C4H4N2S. The highest BCUT2D eigenvalue weighted by molar-refractivity contribution is 7.71. The molecule has 0 fully saturated rings. The normalized spacial score (nSPS) is 8.57. The maximum Gasteiger partial charge on any atom is 0.121 e. The van der Waals surface area contributed by atoms with Crippen LogP contribution in [0.25, 0.3) is 0 Å². The molecular weight excluding hydrogens is 108 g/mol. The SMILES string of the molecule is S=c1cncc[nH]1. The lowest BCUT2D eigenvalue weighted by Crippen LogP contribution is -1.71. The Morgan fingerprint density at radius 2 is 2.57 bits per heavy atom. The molecule has 1 rings (SSSR count). The van der Waals surface area contributed by atoms with Crippen LogP contribution in [0, 0.1) is 4.64 Å². The van der Waals surface area contributed by atoms with Crippen molar-refractivity contribution < 1.29 is 0 Å². The largest absolute Gasteiger partial charge is 0.350 e. The standard InChI is InChI=1S/C4H4N2S/c7-4-3-5-1-2-6-4/h1-3H,(H,6,7). The molecule has 2 nitrogen and oxygen atoms in total. The molecule has 1 heterocycles. The van der Waals surface area contributed by atoms with Crippen LogP contribution in [-0.4, -0.2) is 9.97 Å². The van der Waals surface area contributed by atoms with Crippen molar-refractivity contribution in [1.29, 1.82) is 0 Å². The summed E-state index contributed by atoms with van der Waals surface area (Å²) in [6, 6.07) is 0. The van der Waals surface area contributed by atoms with E-state index in [1.54, 1.807) is 18.6 Å². The minimum absolute atomic E-state index is 0.669. The van der Waals surface area contributed by atoms with Crippen molar-refractivity contribution in [3.63, 3.8) is 0 Å². The second kappa shape index (κ2) is 1.84. The highest BCUT2D eigenvalue weighted by Crippen LogP contribution is 1.75. The van der Waals surface area contributed by atoms with Gasteiger partial charge in [-0.2, -0.15) is 0 Å². The highest BCUT2D eigenvalue weighted by Gasteiger charge is 1.66. The van der Waals surface area contributed by atoms with Gasteiger partial charge >= 0.3 is 0 Å². The first-order valence-electron chi connectivity index (χ1n) is 1.88. The van der Waals surface area contributed by atoms with E-state index >= 15 is 0 Å². The molecule has 0 radical (unpaired) electrons. The Hall–Kier alpha value is -0.700. The van der Waals surface area contributed by atoms with E-state index in [9.17, 15) is 0 Å². The minimum atomic E-state index is 0.669. The molecule has 0 aliphatic rings. The molecule has 1 N–H and O–H groups in total. The van der Waals surface area contributed by atoms with E-state index in [2.05, 4.69) is 9.97 Å². The van der Waals surface area contributed by atoms with Crippen molar-refractivity contribution in [3.05, 3.63) is 23.2 Å². The summed E-state index contributed by atoms with van der Waals surface area (Å²) in [4.78, 5) is 6.53. The fourth-order valence-corrected chi connectivity index (χ4v) is 0.439. The Balaban J connectivity index is 3.28. The first-order valence-corrected chi connectivity index (χ1v) is 2.29. The van der Waals surface area contributed by atoms with E-state index in [1.165, 1.54) is 0 Å². The Bertz CT molecular complexity index is 175. The van der Waals surface area contributed by atoms with Crippen molar-refractivity contribution in [1.82, 2.24) is 9.97 Å². The van der Waals surface area contributed by atoms with Crippen LogP contribution in [0.4, 0.5) is 0 Å². The lowest BCUT2D eigenvalue weighted by atomic mass is 10.8. The van der Waals surface area contributed by atoms with Crippen LogP contribution < -0.4 is 0 Å². The van der Waals surface area contributed by atoms with Gasteiger partial charge in [0.2, 0.25) is 0 Å².